The highest BCUT2D eigenvalue weighted by molar-refractivity contribution is 14.1. The van der Waals surface area contributed by atoms with Crippen LogP contribution in [-0.4, -0.2) is 28.1 Å². The second-order valence-corrected chi connectivity index (χ2v) is 6.73. The lowest BCUT2D eigenvalue weighted by molar-refractivity contribution is 0.561. The topological polar surface area (TPSA) is 29.9 Å². The molecule has 0 aliphatic heterocycles. The third-order valence-electron chi connectivity index (χ3n) is 3.20. The minimum atomic E-state index is 0.161. The molecule has 20 heavy (non-hydrogen) atoms. The zero-order chi connectivity index (χ0) is 14.4. The molecule has 0 saturated heterocycles. The number of imidazole rings is 1. The maximum absolute atomic E-state index is 4.56. The van der Waals surface area contributed by atoms with Crippen molar-refractivity contribution in [2.75, 3.05) is 18.6 Å². The molecule has 0 saturated carbocycles. The highest BCUT2D eigenvalue weighted by Gasteiger charge is 2.18. The van der Waals surface area contributed by atoms with Crippen molar-refractivity contribution in [1.29, 1.82) is 0 Å². The summed E-state index contributed by atoms with van der Waals surface area (Å²) in [7, 11) is 0. The molecule has 3 nitrogen and oxygen atoms in total. The monoisotopic (exact) mass is 401 g/mol. The number of aryl methyl sites for hydroxylation is 1. The number of aromatic nitrogens is 2. The third kappa shape index (κ3) is 3.99. The minimum Gasteiger partial charge on any atom is -0.334 e. The predicted molar refractivity (Wildman–Crippen MR) is 95.3 cm³/mol. The molecule has 1 aromatic carbocycles. The molecular weight excluding hydrogens is 381 g/mol. The fourth-order valence-electron chi connectivity index (χ4n) is 2.17. The largest absolute Gasteiger partial charge is 0.334 e. The summed E-state index contributed by atoms with van der Waals surface area (Å²) in [5.41, 5.74) is 1.27. The molecule has 0 bridgehead atoms. The van der Waals surface area contributed by atoms with Crippen molar-refractivity contribution >= 4 is 34.4 Å². The molecule has 0 fully saturated rings. The van der Waals surface area contributed by atoms with E-state index in [0.717, 1.165) is 24.7 Å². The van der Waals surface area contributed by atoms with Crippen LogP contribution in [0.2, 0.25) is 0 Å². The van der Waals surface area contributed by atoms with Crippen LogP contribution in [0.5, 0.6) is 0 Å². The van der Waals surface area contributed by atoms with Crippen molar-refractivity contribution in [2.24, 2.45) is 0 Å². The summed E-state index contributed by atoms with van der Waals surface area (Å²) >= 11 is 4.20. The van der Waals surface area contributed by atoms with Gasteiger partial charge >= 0.3 is 0 Å². The summed E-state index contributed by atoms with van der Waals surface area (Å²) in [5, 5.41) is 3.63. The Morgan fingerprint density at radius 3 is 2.75 bits per heavy atom. The van der Waals surface area contributed by atoms with E-state index in [1.807, 2.05) is 24.2 Å². The Balaban J connectivity index is 2.26. The lowest BCUT2D eigenvalue weighted by Crippen LogP contribution is -2.27. The Labute approximate surface area is 138 Å². The van der Waals surface area contributed by atoms with E-state index in [1.54, 1.807) is 0 Å². The number of hydrogen-bond acceptors (Lipinski definition) is 3. The number of hydrogen-bond donors (Lipinski definition) is 1. The smallest absolute Gasteiger partial charge is 0.130 e. The first-order valence-electron chi connectivity index (χ1n) is 6.75. The number of nitrogens with one attached hydrogen (secondary N) is 1. The van der Waals surface area contributed by atoms with E-state index in [9.17, 15) is 0 Å². The fraction of sp³-hybridized carbons (Fsp3) is 0.400. The second-order valence-electron chi connectivity index (χ2n) is 4.50. The van der Waals surface area contributed by atoms with Crippen molar-refractivity contribution in [3.63, 3.8) is 0 Å². The number of nitrogens with zero attached hydrogens (tertiary/aromatic N) is 2. The van der Waals surface area contributed by atoms with Crippen LogP contribution >= 0.6 is 34.4 Å². The molecule has 0 radical (unpaired) electrons. The van der Waals surface area contributed by atoms with Crippen LogP contribution < -0.4 is 5.32 Å². The van der Waals surface area contributed by atoms with Gasteiger partial charge in [0.05, 0.1) is 6.04 Å². The molecule has 1 N–H and O–H groups in total. The molecule has 0 aliphatic rings. The lowest BCUT2D eigenvalue weighted by atomic mass is 10.1. The highest BCUT2D eigenvalue weighted by Crippen LogP contribution is 2.22. The van der Waals surface area contributed by atoms with Gasteiger partial charge in [-0.15, -0.1) is 0 Å². The van der Waals surface area contributed by atoms with Crippen LogP contribution in [0.4, 0.5) is 0 Å². The summed E-state index contributed by atoms with van der Waals surface area (Å²) in [6.07, 6.45) is 6.06. The first-order chi connectivity index (χ1) is 9.76. The molecule has 1 aromatic heterocycles. The van der Waals surface area contributed by atoms with Gasteiger partial charge in [0, 0.05) is 34.8 Å². The molecule has 1 heterocycles. The molecule has 1 atom stereocenters. The average molecular weight is 401 g/mol. The number of rotatable bonds is 7. The summed E-state index contributed by atoms with van der Waals surface area (Å²) in [4.78, 5) is 4.56. The van der Waals surface area contributed by atoms with Gasteiger partial charge in [-0.3, -0.25) is 0 Å². The zero-order valence-corrected chi connectivity index (χ0v) is 14.8. The van der Waals surface area contributed by atoms with Crippen LogP contribution in [0.1, 0.15) is 24.4 Å². The maximum Gasteiger partial charge on any atom is 0.130 e. The lowest BCUT2D eigenvalue weighted by Gasteiger charge is -2.20. The molecule has 2 aromatic rings. The molecule has 0 amide bonds. The zero-order valence-electron chi connectivity index (χ0n) is 11.8. The van der Waals surface area contributed by atoms with Crippen molar-refractivity contribution in [3.8, 4) is 0 Å². The fourth-order valence-corrected chi connectivity index (χ4v) is 2.85. The van der Waals surface area contributed by atoms with E-state index in [1.165, 1.54) is 9.13 Å². The van der Waals surface area contributed by atoms with Crippen LogP contribution in [0.3, 0.4) is 0 Å². The summed E-state index contributed by atoms with van der Waals surface area (Å²) in [6, 6.07) is 8.84. The first kappa shape index (κ1) is 15.9. The van der Waals surface area contributed by atoms with Crippen LogP contribution in [0.15, 0.2) is 36.7 Å². The Morgan fingerprint density at radius 1 is 1.35 bits per heavy atom. The minimum absolute atomic E-state index is 0.161. The number of thioether (sulfide) groups is 1. The summed E-state index contributed by atoms with van der Waals surface area (Å²) in [5.74, 6) is 2.20. The SMILES string of the molecule is CCn1ccnc1[C@H](NCCSC)c1ccc(I)cc1. The van der Waals surface area contributed by atoms with Crippen molar-refractivity contribution in [3.05, 3.63) is 51.6 Å². The van der Waals surface area contributed by atoms with Crippen molar-refractivity contribution in [2.45, 2.75) is 19.5 Å². The Morgan fingerprint density at radius 2 is 2.10 bits per heavy atom. The molecule has 108 valence electrons. The van der Waals surface area contributed by atoms with Gasteiger partial charge < -0.3 is 9.88 Å². The number of benzene rings is 1. The second kappa shape index (κ2) is 8.05. The van der Waals surface area contributed by atoms with E-state index in [4.69, 9.17) is 0 Å². The van der Waals surface area contributed by atoms with E-state index in [-0.39, 0.29) is 6.04 Å². The third-order valence-corrected chi connectivity index (χ3v) is 4.54. The Bertz CT molecular complexity index is 524. The Hall–Kier alpha value is -0.530. The maximum atomic E-state index is 4.56. The van der Waals surface area contributed by atoms with E-state index < -0.39 is 0 Å². The molecule has 2 rings (SSSR count). The molecule has 5 heteroatoms. The highest BCUT2D eigenvalue weighted by atomic mass is 127. The molecule has 0 aliphatic carbocycles. The van der Waals surface area contributed by atoms with Crippen molar-refractivity contribution in [1.82, 2.24) is 14.9 Å². The van der Waals surface area contributed by atoms with Gasteiger partial charge in [-0.2, -0.15) is 11.8 Å². The Kier molecular flexibility index (Phi) is 6.38. The van der Waals surface area contributed by atoms with Crippen LogP contribution in [-0.2, 0) is 6.54 Å². The van der Waals surface area contributed by atoms with Crippen molar-refractivity contribution < 1.29 is 0 Å². The normalized spacial score (nSPS) is 12.6. The van der Waals surface area contributed by atoms with E-state index >= 15 is 0 Å². The van der Waals surface area contributed by atoms with E-state index in [2.05, 4.69) is 74.9 Å². The summed E-state index contributed by atoms with van der Waals surface area (Å²) in [6.45, 7) is 4.08. The molecule has 0 spiro atoms. The van der Waals surface area contributed by atoms with Crippen LogP contribution in [0, 0.1) is 3.57 Å². The average Bonchev–Trinajstić information content (AvgIpc) is 2.93. The van der Waals surface area contributed by atoms with Gasteiger partial charge in [0.1, 0.15) is 5.82 Å². The van der Waals surface area contributed by atoms with Gasteiger partial charge in [-0.1, -0.05) is 12.1 Å². The van der Waals surface area contributed by atoms with Gasteiger partial charge in [-0.25, -0.2) is 4.98 Å². The van der Waals surface area contributed by atoms with Gasteiger partial charge in [-0.05, 0) is 53.5 Å². The molecular formula is C15H20IN3S. The quantitative estimate of drug-likeness (QED) is 0.569. The van der Waals surface area contributed by atoms with Gasteiger partial charge in [0.15, 0.2) is 0 Å². The first-order valence-corrected chi connectivity index (χ1v) is 9.22. The van der Waals surface area contributed by atoms with Crippen LogP contribution in [0.25, 0.3) is 0 Å². The van der Waals surface area contributed by atoms with Gasteiger partial charge in [0.25, 0.3) is 0 Å². The summed E-state index contributed by atoms with van der Waals surface area (Å²) < 4.78 is 3.46. The van der Waals surface area contributed by atoms with Gasteiger partial charge in [0.2, 0.25) is 0 Å². The standard InChI is InChI=1S/C15H20IN3S/c1-3-19-10-8-18-15(19)14(17-9-11-20-2)12-4-6-13(16)7-5-12/h4-8,10,14,17H,3,9,11H2,1-2H3/t14-/m1/s1. The molecule has 0 unspecified atom stereocenters. The van der Waals surface area contributed by atoms with E-state index in [0.29, 0.717) is 0 Å². The number of halogens is 1. The predicted octanol–water partition coefficient (Wildman–Crippen LogP) is 3.55.